The molecule has 0 bridgehead atoms. The number of ether oxygens (including phenoxy) is 1. The first-order valence-electron chi connectivity index (χ1n) is 10.5. The summed E-state index contributed by atoms with van der Waals surface area (Å²) in [6, 6.07) is 14.8. The number of likely N-dealkylation sites (tertiary alicyclic amines) is 1. The molecule has 2 aliphatic heterocycles. The smallest absolute Gasteiger partial charge is 0.225 e. The van der Waals surface area contributed by atoms with Crippen LogP contribution in [0, 0.1) is 12.8 Å². The van der Waals surface area contributed by atoms with E-state index in [1.54, 1.807) is 0 Å². The maximum atomic E-state index is 12.8. The molecule has 29 heavy (non-hydrogen) atoms. The lowest BCUT2D eigenvalue weighted by atomic mass is 9.93. The standard InChI is InChI=1S/C24H29ClN2O2/c1-18-6-7-20(16-23(18)25)22-5-3-2-4-21(22)17-26-10-8-19(9-11-26)24(28)27-12-14-29-15-13-27/h2-7,16,19H,8-15,17H2,1H3. The number of benzene rings is 2. The quantitative estimate of drug-likeness (QED) is 0.746. The Morgan fingerprint density at radius 2 is 1.79 bits per heavy atom. The number of aryl methyl sites for hydroxylation is 1. The van der Waals surface area contributed by atoms with E-state index in [4.69, 9.17) is 16.3 Å². The number of hydrogen-bond donors (Lipinski definition) is 0. The van der Waals surface area contributed by atoms with Crippen molar-refractivity contribution in [2.45, 2.75) is 26.3 Å². The van der Waals surface area contributed by atoms with E-state index >= 15 is 0 Å². The zero-order valence-corrected chi connectivity index (χ0v) is 17.8. The average Bonchev–Trinajstić information content (AvgIpc) is 2.77. The van der Waals surface area contributed by atoms with Crippen LogP contribution in [0.15, 0.2) is 42.5 Å². The topological polar surface area (TPSA) is 32.8 Å². The van der Waals surface area contributed by atoms with Crippen molar-refractivity contribution in [1.29, 1.82) is 0 Å². The summed E-state index contributed by atoms with van der Waals surface area (Å²) in [5.41, 5.74) is 4.81. The van der Waals surface area contributed by atoms with Gasteiger partial charge in [-0.15, -0.1) is 0 Å². The van der Waals surface area contributed by atoms with Gasteiger partial charge in [-0.2, -0.15) is 0 Å². The summed E-state index contributed by atoms with van der Waals surface area (Å²) in [5.74, 6) is 0.484. The number of hydrogen-bond acceptors (Lipinski definition) is 3. The monoisotopic (exact) mass is 412 g/mol. The summed E-state index contributed by atoms with van der Waals surface area (Å²) in [6.45, 7) is 7.68. The predicted octanol–water partition coefficient (Wildman–Crippen LogP) is 4.39. The molecule has 4 nitrogen and oxygen atoms in total. The summed E-state index contributed by atoms with van der Waals surface area (Å²) in [5, 5.41) is 0.805. The predicted molar refractivity (Wildman–Crippen MR) is 117 cm³/mol. The van der Waals surface area contributed by atoms with Crippen LogP contribution in [0.4, 0.5) is 0 Å². The van der Waals surface area contributed by atoms with E-state index in [2.05, 4.69) is 47.4 Å². The van der Waals surface area contributed by atoms with E-state index < -0.39 is 0 Å². The van der Waals surface area contributed by atoms with Gasteiger partial charge in [0.15, 0.2) is 0 Å². The molecular weight excluding hydrogens is 384 g/mol. The van der Waals surface area contributed by atoms with Crippen LogP contribution in [0.5, 0.6) is 0 Å². The minimum atomic E-state index is 0.162. The first-order chi connectivity index (χ1) is 14.1. The Morgan fingerprint density at radius 3 is 2.52 bits per heavy atom. The molecule has 2 saturated heterocycles. The third-order valence-electron chi connectivity index (χ3n) is 6.15. The van der Waals surface area contributed by atoms with Crippen molar-refractivity contribution in [3.63, 3.8) is 0 Å². The number of halogens is 1. The fraction of sp³-hybridized carbons (Fsp3) is 0.458. The summed E-state index contributed by atoms with van der Waals surface area (Å²) >= 11 is 6.36. The van der Waals surface area contributed by atoms with Gasteiger partial charge in [-0.1, -0.05) is 48.0 Å². The lowest BCUT2D eigenvalue weighted by Crippen LogP contribution is -2.46. The Morgan fingerprint density at radius 1 is 1.07 bits per heavy atom. The molecule has 2 aromatic carbocycles. The van der Waals surface area contributed by atoms with Gasteiger partial charge in [0.2, 0.25) is 5.91 Å². The summed E-state index contributed by atoms with van der Waals surface area (Å²) in [7, 11) is 0. The summed E-state index contributed by atoms with van der Waals surface area (Å²) in [4.78, 5) is 17.2. The first kappa shape index (κ1) is 20.4. The van der Waals surface area contributed by atoms with Crippen molar-refractivity contribution < 1.29 is 9.53 Å². The van der Waals surface area contributed by atoms with Crippen LogP contribution in [0.25, 0.3) is 11.1 Å². The minimum Gasteiger partial charge on any atom is -0.378 e. The van der Waals surface area contributed by atoms with E-state index in [0.717, 1.165) is 61.7 Å². The normalized spacial score (nSPS) is 18.8. The number of amides is 1. The minimum absolute atomic E-state index is 0.162. The van der Waals surface area contributed by atoms with Crippen LogP contribution < -0.4 is 0 Å². The molecule has 5 heteroatoms. The fourth-order valence-electron chi connectivity index (χ4n) is 4.32. The highest BCUT2D eigenvalue weighted by Crippen LogP contribution is 2.30. The average molecular weight is 413 g/mol. The van der Waals surface area contributed by atoms with Gasteiger partial charge >= 0.3 is 0 Å². The van der Waals surface area contributed by atoms with Crippen molar-refractivity contribution in [3.8, 4) is 11.1 Å². The Balaban J connectivity index is 1.40. The van der Waals surface area contributed by atoms with E-state index in [0.29, 0.717) is 19.1 Å². The third kappa shape index (κ3) is 4.82. The molecular formula is C24H29ClN2O2. The highest BCUT2D eigenvalue weighted by atomic mass is 35.5. The highest BCUT2D eigenvalue weighted by Gasteiger charge is 2.29. The molecule has 4 rings (SSSR count). The van der Waals surface area contributed by atoms with Gasteiger partial charge in [-0.25, -0.2) is 0 Å². The highest BCUT2D eigenvalue weighted by molar-refractivity contribution is 6.31. The number of rotatable bonds is 4. The maximum Gasteiger partial charge on any atom is 0.225 e. The van der Waals surface area contributed by atoms with Gasteiger partial charge < -0.3 is 9.64 Å². The zero-order chi connectivity index (χ0) is 20.2. The van der Waals surface area contributed by atoms with E-state index in [1.807, 2.05) is 11.8 Å². The van der Waals surface area contributed by atoms with Crippen LogP contribution in [0.3, 0.4) is 0 Å². The molecule has 0 radical (unpaired) electrons. The molecule has 2 fully saturated rings. The van der Waals surface area contributed by atoms with Gasteiger partial charge in [-0.05, 0) is 61.2 Å². The van der Waals surface area contributed by atoms with Crippen molar-refractivity contribution in [2.24, 2.45) is 5.92 Å². The van der Waals surface area contributed by atoms with E-state index in [-0.39, 0.29) is 5.92 Å². The van der Waals surface area contributed by atoms with Gasteiger partial charge in [0.05, 0.1) is 13.2 Å². The van der Waals surface area contributed by atoms with Gasteiger partial charge in [0.25, 0.3) is 0 Å². The van der Waals surface area contributed by atoms with Crippen LogP contribution in [0.2, 0.25) is 5.02 Å². The van der Waals surface area contributed by atoms with Gasteiger partial charge in [-0.3, -0.25) is 9.69 Å². The van der Waals surface area contributed by atoms with Crippen molar-refractivity contribution >= 4 is 17.5 Å². The SMILES string of the molecule is Cc1ccc(-c2ccccc2CN2CCC(C(=O)N3CCOCC3)CC2)cc1Cl. The second-order valence-corrected chi connectivity index (χ2v) is 8.52. The van der Waals surface area contributed by atoms with Crippen LogP contribution >= 0.6 is 11.6 Å². The Hall–Kier alpha value is -1.88. The number of morpholine rings is 1. The first-order valence-corrected chi connectivity index (χ1v) is 10.9. The van der Waals surface area contributed by atoms with Crippen LogP contribution in [-0.2, 0) is 16.1 Å². The van der Waals surface area contributed by atoms with Crippen molar-refractivity contribution in [3.05, 3.63) is 58.6 Å². The number of piperidine rings is 1. The zero-order valence-electron chi connectivity index (χ0n) is 17.1. The molecule has 0 spiro atoms. The van der Waals surface area contributed by atoms with Crippen molar-refractivity contribution in [2.75, 3.05) is 39.4 Å². The molecule has 0 aliphatic carbocycles. The Kier molecular flexibility index (Phi) is 6.53. The van der Waals surface area contributed by atoms with E-state index in [9.17, 15) is 4.79 Å². The molecule has 1 amide bonds. The second-order valence-electron chi connectivity index (χ2n) is 8.11. The summed E-state index contributed by atoms with van der Waals surface area (Å²) < 4.78 is 5.37. The Labute approximate surface area is 178 Å². The largest absolute Gasteiger partial charge is 0.378 e. The lowest BCUT2D eigenvalue weighted by molar-refractivity contribution is -0.141. The van der Waals surface area contributed by atoms with Gasteiger partial charge in [0, 0.05) is 30.6 Å². The third-order valence-corrected chi connectivity index (χ3v) is 6.56. The van der Waals surface area contributed by atoms with Crippen LogP contribution in [0.1, 0.15) is 24.0 Å². The molecule has 2 aliphatic rings. The maximum absolute atomic E-state index is 12.8. The fourth-order valence-corrected chi connectivity index (χ4v) is 4.50. The second kappa shape index (κ2) is 9.29. The number of carbonyl (C=O) groups is 1. The molecule has 0 aromatic heterocycles. The molecule has 0 N–H and O–H groups in total. The van der Waals surface area contributed by atoms with Crippen LogP contribution in [-0.4, -0.2) is 55.1 Å². The molecule has 0 saturated carbocycles. The molecule has 2 aromatic rings. The number of nitrogens with zero attached hydrogens (tertiary/aromatic N) is 2. The van der Waals surface area contributed by atoms with E-state index in [1.165, 1.54) is 11.1 Å². The Bertz CT molecular complexity index is 856. The molecule has 154 valence electrons. The molecule has 2 heterocycles. The van der Waals surface area contributed by atoms with Crippen molar-refractivity contribution in [1.82, 2.24) is 9.80 Å². The van der Waals surface area contributed by atoms with Gasteiger partial charge in [0.1, 0.15) is 0 Å². The molecule has 0 atom stereocenters. The summed E-state index contributed by atoms with van der Waals surface area (Å²) in [6.07, 6.45) is 1.88. The lowest BCUT2D eigenvalue weighted by Gasteiger charge is -2.35. The number of carbonyl (C=O) groups excluding carboxylic acids is 1. The molecule has 0 unspecified atom stereocenters.